The van der Waals surface area contributed by atoms with Gasteiger partial charge in [0.15, 0.2) is 0 Å². The van der Waals surface area contributed by atoms with Crippen LogP contribution in [0.2, 0.25) is 0 Å². The molecule has 0 spiro atoms. The van der Waals surface area contributed by atoms with Gasteiger partial charge in [0.1, 0.15) is 6.04 Å². The topological polar surface area (TPSA) is 95.5 Å². The maximum atomic E-state index is 12.0. The highest BCUT2D eigenvalue weighted by molar-refractivity contribution is 8.01. The first-order valence-electron chi connectivity index (χ1n) is 6.97. The van der Waals surface area contributed by atoms with Crippen molar-refractivity contribution in [3.63, 3.8) is 0 Å². The van der Waals surface area contributed by atoms with Gasteiger partial charge in [-0.1, -0.05) is 26.0 Å². The molecule has 0 saturated heterocycles. The summed E-state index contributed by atoms with van der Waals surface area (Å²) in [7, 11) is 0. The maximum absolute atomic E-state index is 12.0. The molecule has 2 atom stereocenters. The molecule has 6 nitrogen and oxygen atoms in total. The van der Waals surface area contributed by atoms with Gasteiger partial charge < -0.3 is 15.7 Å². The molecule has 1 aromatic rings. The van der Waals surface area contributed by atoms with Crippen molar-refractivity contribution in [2.45, 2.75) is 36.5 Å². The van der Waals surface area contributed by atoms with Gasteiger partial charge in [-0.3, -0.25) is 9.59 Å². The number of carboxylic acids is 1. The summed E-state index contributed by atoms with van der Waals surface area (Å²) < 4.78 is 0. The number of hydrogen-bond donors (Lipinski definition) is 3. The molecule has 2 rings (SSSR count). The molecule has 0 bridgehead atoms. The Labute approximate surface area is 132 Å². The summed E-state index contributed by atoms with van der Waals surface area (Å²) in [4.78, 5) is 36.0. The van der Waals surface area contributed by atoms with Crippen molar-refractivity contribution in [3.8, 4) is 0 Å². The van der Waals surface area contributed by atoms with Crippen molar-refractivity contribution in [1.82, 2.24) is 5.32 Å². The van der Waals surface area contributed by atoms with Crippen LogP contribution in [0, 0.1) is 5.92 Å². The minimum absolute atomic E-state index is 0.0542. The van der Waals surface area contributed by atoms with Crippen LogP contribution in [-0.4, -0.2) is 34.2 Å². The van der Waals surface area contributed by atoms with Crippen LogP contribution in [0.5, 0.6) is 0 Å². The van der Waals surface area contributed by atoms with E-state index in [1.807, 2.05) is 18.2 Å². The fourth-order valence-corrected chi connectivity index (χ4v) is 3.25. The normalized spacial score (nSPS) is 18.3. The number of anilines is 1. The molecule has 3 N–H and O–H groups in total. The first kappa shape index (κ1) is 16.4. The summed E-state index contributed by atoms with van der Waals surface area (Å²) in [5.74, 6) is -1.98. The number of benzene rings is 1. The van der Waals surface area contributed by atoms with Gasteiger partial charge in [-0.15, -0.1) is 11.8 Å². The lowest BCUT2D eigenvalue weighted by Crippen LogP contribution is -2.46. The van der Waals surface area contributed by atoms with Crippen molar-refractivity contribution in [2.24, 2.45) is 5.92 Å². The van der Waals surface area contributed by atoms with E-state index in [-0.39, 0.29) is 18.2 Å². The predicted octanol–water partition coefficient (Wildman–Crippen LogP) is 1.71. The molecule has 22 heavy (non-hydrogen) atoms. The number of carbonyl (C=O) groups excluding carboxylic acids is 2. The summed E-state index contributed by atoms with van der Waals surface area (Å²) >= 11 is 1.32. The smallest absolute Gasteiger partial charge is 0.326 e. The van der Waals surface area contributed by atoms with Crippen LogP contribution in [0.3, 0.4) is 0 Å². The van der Waals surface area contributed by atoms with E-state index in [0.717, 1.165) is 10.6 Å². The highest BCUT2D eigenvalue weighted by Gasteiger charge is 2.30. The van der Waals surface area contributed by atoms with Gasteiger partial charge in [0.25, 0.3) is 0 Å². The van der Waals surface area contributed by atoms with E-state index in [4.69, 9.17) is 5.11 Å². The second kappa shape index (κ2) is 6.83. The van der Waals surface area contributed by atoms with Crippen molar-refractivity contribution in [1.29, 1.82) is 0 Å². The number of para-hydroxylation sites is 1. The summed E-state index contributed by atoms with van der Waals surface area (Å²) in [6.45, 7) is 3.44. The third-order valence-corrected chi connectivity index (χ3v) is 4.60. The quantitative estimate of drug-likeness (QED) is 0.767. The second-order valence-electron chi connectivity index (χ2n) is 5.42. The lowest BCUT2D eigenvalue weighted by molar-refractivity contribution is -0.143. The number of amides is 2. The van der Waals surface area contributed by atoms with Crippen molar-refractivity contribution in [2.75, 3.05) is 5.32 Å². The molecule has 0 aliphatic carbocycles. The van der Waals surface area contributed by atoms with E-state index < -0.39 is 23.2 Å². The molecule has 0 fully saturated rings. The molecular formula is C15H18N2O4S. The number of carboxylic acid groups (broad SMARTS) is 1. The van der Waals surface area contributed by atoms with E-state index >= 15 is 0 Å². The molecule has 0 aromatic heterocycles. The van der Waals surface area contributed by atoms with E-state index in [2.05, 4.69) is 10.6 Å². The molecule has 1 aliphatic rings. The Kier molecular flexibility index (Phi) is 5.07. The van der Waals surface area contributed by atoms with Gasteiger partial charge in [-0.25, -0.2) is 4.79 Å². The average Bonchev–Trinajstić information content (AvgIpc) is 2.45. The lowest BCUT2D eigenvalue weighted by atomic mass is 10.0. The van der Waals surface area contributed by atoms with Gasteiger partial charge in [0.05, 0.1) is 10.9 Å². The van der Waals surface area contributed by atoms with Crippen molar-refractivity contribution < 1.29 is 19.5 Å². The first-order chi connectivity index (χ1) is 10.4. The van der Waals surface area contributed by atoms with Gasteiger partial charge in [-0.2, -0.15) is 0 Å². The monoisotopic (exact) mass is 322 g/mol. The zero-order valence-corrected chi connectivity index (χ0v) is 13.1. The standard InChI is InChI=1S/C15H18N2O4S/c1-8(2)13(15(20)21)17-12(18)7-11-14(19)16-9-5-3-4-6-10(9)22-11/h3-6,8,11,13H,7H2,1-2H3,(H,16,19)(H,17,18)(H,20,21)/t11-,13+/m0/s1. The minimum atomic E-state index is -1.07. The molecule has 0 unspecified atom stereocenters. The molecule has 7 heteroatoms. The zero-order valence-electron chi connectivity index (χ0n) is 12.3. The third-order valence-electron chi connectivity index (χ3n) is 3.33. The highest BCUT2D eigenvalue weighted by Crippen LogP contribution is 2.36. The van der Waals surface area contributed by atoms with Crippen LogP contribution in [-0.2, 0) is 14.4 Å². The summed E-state index contributed by atoms with van der Waals surface area (Å²) in [6, 6.07) is 6.41. The van der Waals surface area contributed by atoms with Crippen LogP contribution < -0.4 is 10.6 Å². The molecule has 0 saturated carbocycles. The third kappa shape index (κ3) is 3.79. The molecule has 118 valence electrons. The number of fused-ring (bicyclic) bond motifs is 1. The number of hydrogen-bond acceptors (Lipinski definition) is 4. The summed E-state index contributed by atoms with van der Waals surface area (Å²) in [5.41, 5.74) is 0.736. The fourth-order valence-electron chi connectivity index (χ4n) is 2.14. The van der Waals surface area contributed by atoms with Crippen molar-refractivity contribution in [3.05, 3.63) is 24.3 Å². The SMILES string of the molecule is CC(C)[C@@H](NC(=O)C[C@@H]1Sc2ccccc2NC1=O)C(=O)O. The van der Waals surface area contributed by atoms with Crippen LogP contribution in [0.4, 0.5) is 5.69 Å². The molecule has 1 heterocycles. The zero-order chi connectivity index (χ0) is 16.3. The van der Waals surface area contributed by atoms with Gasteiger partial charge in [0.2, 0.25) is 11.8 Å². The summed E-state index contributed by atoms with van der Waals surface area (Å²) in [6.07, 6.45) is -0.0542. The van der Waals surface area contributed by atoms with E-state index in [9.17, 15) is 14.4 Å². The maximum Gasteiger partial charge on any atom is 0.326 e. The van der Waals surface area contributed by atoms with Gasteiger partial charge >= 0.3 is 5.97 Å². The second-order valence-corrected chi connectivity index (χ2v) is 6.67. The molecule has 0 radical (unpaired) electrons. The Morgan fingerprint density at radius 3 is 2.68 bits per heavy atom. The van der Waals surface area contributed by atoms with Crippen LogP contribution in [0.1, 0.15) is 20.3 Å². The Morgan fingerprint density at radius 2 is 2.05 bits per heavy atom. The minimum Gasteiger partial charge on any atom is -0.480 e. The Bertz CT molecular complexity index is 603. The molecule has 1 aliphatic heterocycles. The predicted molar refractivity (Wildman–Crippen MR) is 83.7 cm³/mol. The van der Waals surface area contributed by atoms with Crippen molar-refractivity contribution >= 4 is 35.2 Å². The molecular weight excluding hydrogens is 304 g/mol. The van der Waals surface area contributed by atoms with Crippen LogP contribution >= 0.6 is 11.8 Å². The number of rotatable bonds is 5. The van der Waals surface area contributed by atoms with Crippen LogP contribution in [0.15, 0.2) is 29.2 Å². The lowest BCUT2D eigenvalue weighted by Gasteiger charge is -2.24. The first-order valence-corrected chi connectivity index (χ1v) is 7.85. The Balaban J connectivity index is 2.00. The number of nitrogens with one attached hydrogen (secondary N) is 2. The average molecular weight is 322 g/mol. The molecule has 2 amide bonds. The fraction of sp³-hybridized carbons (Fsp3) is 0.400. The van der Waals surface area contributed by atoms with E-state index in [1.54, 1.807) is 19.9 Å². The van der Waals surface area contributed by atoms with Crippen LogP contribution in [0.25, 0.3) is 0 Å². The Hall–Kier alpha value is -2.02. The van der Waals surface area contributed by atoms with E-state index in [0.29, 0.717) is 0 Å². The number of thioether (sulfide) groups is 1. The van der Waals surface area contributed by atoms with Gasteiger partial charge in [0, 0.05) is 11.3 Å². The molecule has 1 aromatic carbocycles. The summed E-state index contributed by atoms with van der Waals surface area (Å²) in [5, 5.41) is 13.8. The largest absolute Gasteiger partial charge is 0.480 e. The van der Waals surface area contributed by atoms with E-state index in [1.165, 1.54) is 11.8 Å². The number of aliphatic carboxylic acids is 1. The van der Waals surface area contributed by atoms with Gasteiger partial charge in [-0.05, 0) is 18.1 Å². The Morgan fingerprint density at radius 1 is 1.36 bits per heavy atom. The highest BCUT2D eigenvalue weighted by atomic mass is 32.2. The number of carbonyl (C=O) groups is 3.